The van der Waals surface area contributed by atoms with Gasteiger partial charge in [-0.2, -0.15) is 0 Å². The number of hydrogen-bond acceptors (Lipinski definition) is 2. The van der Waals surface area contributed by atoms with E-state index in [1.165, 1.54) is 75.3 Å². The van der Waals surface area contributed by atoms with Gasteiger partial charge in [0, 0.05) is 11.1 Å². The Kier molecular flexibility index (Phi) is 9.27. The average Bonchev–Trinajstić information content (AvgIpc) is 2.80. The summed E-state index contributed by atoms with van der Waals surface area (Å²) >= 11 is 0. The first-order valence-corrected chi connectivity index (χ1v) is 12.2. The topological polar surface area (TPSA) is 25.8 Å². The molecule has 0 radical (unpaired) electrons. The highest BCUT2D eigenvalue weighted by Crippen LogP contribution is 2.25. The second kappa shape index (κ2) is 12.4. The van der Waals surface area contributed by atoms with Crippen molar-refractivity contribution in [2.45, 2.75) is 85.0 Å². The maximum absolute atomic E-state index is 4.71. The van der Waals surface area contributed by atoms with E-state index in [4.69, 9.17) is 9.97 Å². The molecule has 0 aliphatic rings. The molecule has 3 rings (SSSR count). The van der Waals surface area contributed by atoms with E-state index in [1.807, 2.05) is 6.92 Å². The van der Waals surface area contributed by atoms with E-state index in [9.17, 15) is 0 Å². The van der Waals surface area contributed by atoms with Crippen LogP contribution in [0.5, 0.6) is 0 Å². The van der Waals surface area contributed by atoms with Crippen LogP contribution in [0.25, 0.3) is 22.5 Å². The molecule has 2 aromatic carbocycles. The third kappa shape index (κ3) is 7.31. The minimum atomic E-state index is 0.819. The van der Waals surface area contributed by atoms with Gasteiger partial charge in [-0.05, 0) is 49.8 Å². The van der Waals surface area contributed by atoms with Crippen molar-refractivity contribution >= 4 is 0 Å². The van der Waals surface area contributed by atoms with Crippen LogP contribution in [-0.2, 0) is 12.8 Å². The van der Waals surface area contributed by atoms with Crippen LogP contribution >= 0.6 is 0 Å². The summed E-state index contributed by atoms with van der Waals surface area (Å²) in [6, 6.07) is 20.0. The van der Waals surface area contributed by atoms with Crippen LogP contribution in [0.3, 0.4) is 0 Å². The highest BCUT2D eigenvalue weighted by atomic mass is 14.9. The van der Waals surface area contributed by atoms with Crippen molar-refractivity contribution in [3.63, 3.8) is 0 Å². The summed E-state index contributed by atoms with van der Waals surface area (Å²) < 4.78 is 0. The van der Waals surface area contributed by atoms with Crippen molar-refractivity contribution < 1.29 is 0 Å². The predicted molar refractivity (Wildman–Crippen MR) is 133 cm³/mol. The van der Waals surface area contributed by atoms with Gasteiger partial charge in [-0.25, -0.2) is 9.97 Å². The first kappa shape index (κ1) is 23.2. The van der Waals surface area contributed by atoms with Gasteiger partial charge in [0.2, 0.25) is 0 Å². The predicted octanol–water partition coefficient (Wildman–Crippen LogP) is 8.36. The Morgan fingerprint density at radius 2 is 0.968 bits per heavy atom. The minimum Gasteiger partial charge on any atom is -0.233 e. The van der Waals surface area contributed by atoms with Crippen LogP contribution in [0.4, 0.5) is 0 Å². The highest BCUT2D eigenvalue weighted by Gasteiger charge is 2.07. The van der Waals surface area contributed by atoms with Crippen LogP contribution in [0, 0.1) is 6.92 Å². The normalized spacial score (nSPS) is 11.1. The van der Waals surface area contributed by atoms with E-state index in [0.717, 1.165) is 28.3 Å². The maximum atomic E-state index is 4.71. The van der Waals surface area contributed by atoms with Gasteiger partial charge < -0.3 is 0 Å². The van der Waals surface area contributed by atoms with E-state index >= 15 is 0 Å². The van der Waals surface area contributed by atoms with Crippen molar-refractivity contribution in [1.29, 1.82) is 0 Å². The highest BCUT2D eigenvalue weighted by molar-refractivity contribution is 5.68. The zero-order valence-electron chi connectivity index (χ0n) is 19.7. The van der Waals surface area contributed by atoms with Gasteiger partial charge in [-0.15, -0.1) is 0 Å². The summed E-state index contributed by atoms with van der Waals surface area (Å²) in [7, 11) is 0. The SMILES string of the molecule is CCCCCCc1ccc(-c2cc(-c3ccc(CCCCCC)cc3)nc(C)n2)cc1. The van der Waals surface area contributed by atoms with E-state index < -0.39 is 0 Å². The molecular weight excluding hydrogens is 376 g/mol. The second-order valence-electron chi connectivity index (χ2n) is 8.70. The lowest BCUT2D eigenvalue weighted by atomic mass is 10.0. The van der Waals surface area contributed by atoms with Crippen LogP contribution in [0.1, 0.15) is 82.2 Å². The monoisotopic (exact) mass is 414 g/mol. The number of rotatable bonds is 12. The smallest absolute Gasteiger partial charge is 0.126 e. The largest absolute Gasteiger partial charge is 0.233 e. The van der Waals surface area contributed by atoms with Crippen molar-refractivity contribution in [1.82, 2.24) is 9.97 Å². The number of nitrogens with zero attached hydrogens (tertiary/aromatic N) is 2. The lowest BCUT2D eigenvalue weighted by Crippen LogP contribution is -1.95. The molecule has 0 spiro atoms. The third-order valence-electron chi connectivity index (χ3n) is 5.98. The van der Waals surface area contributed by atoms with Gasteiger partial charge >= 0.3 is 0 Å². The van der Waals surface area contributed by atoms with Crippen molar-refractivity contribution in [2.24, 2.45) is 0 Å². The standard InChI is InChI=1S/C29H38N2/c1-4-6-8-10-12-24-14-18-26(19-15-24)28-22-29(31-23(3)30-28)27-20-16-25(17-21-27)13-11-9-7-5-2/h14-22H,4-13H2,1-3H3. The molecule has 0 bridgehead atoms. The fraction of sp³-hybridized carbons (Fsp3) is 0.448. The van der Waals surface area contributed by atoms with Gasteiger partial charge in [0.05, 0.1) is 11.4 Å². The zero-order valence-corrected chi connectivity index (χ0v) is 19.7. The summed E-state index contributed by atoms with van der Waals surface area (Å²) in [5.41, 5.74) is 7.17. The van der Waals surface area contributed by atoms with E-state index in [1.54, 1.807) is 0 Å². The molecule has 1 aromatic heterocycles. The number of hydrogen-bond donors (Lipinski definition) is 0. The van der Waals surface area contributed by atoms with Gasteiger partial charge in [-0.3, -0.25) is 0 Å². The fourth-order valence-electron chi connectivity index (χ4n) is 4.06. The molecule has 2 nitrogen and oxygen atoms in total. The maximum Gasteiger partial charge on any atom is 0.126 e. The lowest BCUT2D eigenvalue weighted by Gasteiger charge is -2.09. The quantitative estimate of drug-likeness (QED) is 0.278. The molecule has 164 valence electrons. The molecule has 2 heteroatoms. The first-order valence-electron chi connectivity index (χ1n) is 12.2. The van der Waals surface area contributed by atoms with Crippen LogP contribution < -0.4 is 0 Å². The van der Waals surface area contributed by atoms with E-state index in [2.05, 4.69) is 68.4 Å². The lowest BCUT2D eigenvalue weighted by molar-refractivity contribution is 0.667. The Balaban J connectivity index is 1.68. The van der Waals surface area contributed by atoms with Crippen molar-refractivity contribution in [2.75, 3.05) is 0 Å². The van der Waals surface area contributed by atoms with Crippen LogP contribution in [0.15, 0.2) is 54.6 Å². The number of aromatic nitrogens is 2. The molecule has 0 fully saturated rings. The van der Waals surface area contributed by atoms with Gasteiger partial charge in [0.25, 0.3) is 0 Å². The molecule has 0 atom stereocenters. The summed E-state index contributed by atoms with van der Waals surface area (Å²) in [4.78, 5) is 9.42. The van der Waals surface area contributed by atoms with Gasteiger partial charge in [0.15, 0.2) is 0 Å². The Labute approximate surface area is 189 Å². The van der Waals surface area contributed by atoms with Crippen molar-refractivity contribution in [3.05, 3.63) is 71.5 Å². The molecular formula is C29H38N2. The first-order chi connectivity index (χ1) is 15.2. The summed E-state index contributed by atoms with van der Waals surface area (Å²) in [6.45, 7) is 6.50. The summed E-state index contributed by atoms with van der Waals surface area (Å²) in [5, 5.41) is 0. The van der Waals surface area contributed by atoms with E-state index in [0.29, 0.717) is 0 Å². The Morgan fingerprint density at radius 3 is 1.35 bits per heavy atom. The molecule has 1 heterocycles. The van der Waals surface area contributed by atoms with Crippen molar-refractivity contribution in [3.8, 4) is 22.5 Å². The Morgan fingerprint density at radius 1 is 0.548 bits per heavy atom. The molecule has 31 heavy (non-hydrogen) atoms. The molecule has 0 amide bonds. The van der Waals surface area contributed by atoms with E-state index in [-0.39, 0.29) is 0 Å². The second-order valence-corrected chi connectivity index (χ2v) is 8.70. The van der Waals surface area contributed by atoms with Crippen LogP contribution in [0.2, 0.25) is 0 Å². The summed E-state index contributed by atoms with van der Waals surface area (Å²) in [5.74, 6) is 0.819. The van der Waals surface area contributed by atoms with Crippen LogP contribution in [-0.4, -0.2) is 9.97 Å². The summed E-state index contributed by atoms with van der Waals surface area (Å²) in [6.07, 6.45) is 12.8. The average molecular weight is 415 g/mol. The number of benzene rings is 2. The molecule has 0 N–H and O–H groups in total. The molecule has 0 aliphatic heterocycles. The third-order valence-corrected chi connectivity index (χ3v) is 5.98. The number of unbranched alkanes of at least 4 members (excludes halogenated alkanes) is 6. The molecule has 0 saturated carbocycles. The van der Waals surface area contributed by atoms with Gasteiger partial charge in [0.1, 0.15) is 5.82 Å². The Bertz CT molecular complexity index is 837. The molecule has 0 aliphatic carbocycles. The Hall–Kier alpha value is -2.48. The molecule has 3 aromatic rings. The number of aryl methyl sites for hydroxylation is 3. The fourth-order valence-corrected chi connectivity index (χ4v) is 4.06. The minimum absolute atomic E-state index is 0.819. The van der Waals surface area contributed by atoms with Gasteiger partial charge in [-0.1, -0.05) is 101 Å². The zero-order chi connectivity index (χ0) is 21.9. The molecule has 0 unspecified atom stereocenters. The molecule has 0 saturated heterocycles.